The van der Waals surface area contributed by atoms with E-state index in [9.17, 15) is 4.79 Å². The standard InChI is InChI=1S/C23H26N4O2/c1-3-24-23(26-17(2)19-10-5-4-6-11-19)25-16-18-9-7-12-20(15-18)27-22(28)21-13-8-14-29-21/h4-15,17H,3,16H2,1-2H3,(H,27,28)(H2,24,25,26). The molecule has 0 aliphatic heterocycles. The lowest BCUT2D eigenvalue weighted by atomic mass is 10.1. The molecule has 1 atom stereocenters. The summed E-state index contributed by atoms with van der Waals surface area (Å²) in [5, 5.41) is 9.54. The molecule has 29 heavy (non-hydrogen) atoms. The van der Waals surface area contributed by atoms with Crippen molar-refractivity contribution in [2.45, 2.75) is 26.4 Å². The van der Waals surface area contributed by atoms with E-state index in [-0.39, 0.29) is 17.7 Å². The van der Waals surface area contributed by atoms with Crippen LogP contribution in [-0.2, 0) is 6.54 Å². The molecule has 3 rings (SSSR count). The highest BCUT2D eigenvalue weighted by molar-refractivity contribution is 6.02. The molecule has 150 valence electrons. The molecular formula is C23H26N4O2. The number of hydrogen-bond donors (Lipinski definition) is 3. The fourth-order valence-corrected chi connectivity index (χ4v) is 2.87. The third-order valence-electron chi connectivity index (χ3n) is 4.35. The van der Waals surface area contributed by atoms with Crippen molar-refractivity contribution in [3.8, 4) is 0 Å². The molecule has 0 bridgehead atoms. The Balaban J connectivity index is 1.65. The summed E-state index contributed by atoms with van der Waals surface area (Å²) in [4.78, 5) is 16.8. The fraction of sp³-hybridized carbons (Fsp3) is 0.217. The molecule has 0 radical (unpaired) electrons. The van der Waals surface area contributed by atoms with Crippen molar-refractivity contribution in [3.63, 3.8) is 0 Å². The molecule has 6 nitrogen and oxygen atoms in total. The molecule has 0 saturated heterocycles. The van der Waals surface area contributed by atoms with Crippen LogP contribution >= 0.6 is 0 Å². The first-order valence-corrected chi connectivity index (χ1v) is 9.69. The van der Waals surface area contributed by atoms with Crippen LogP contribution in [0.5, 0.6) is 0 Å². The zero-order valence-electron chi connectivity index (χ0n) is 16.7. The van der Waals surface area contributed by atoms with Crippen molar-refractivity contribution in [2.75, 3.05) is 11.9 Å². The number of nitrogens with one attached hydrogen (secondary N) is 3. The van der Waals surface area contributed by atoms with Crippen LogP contribution in [0.2, 0.25) is 0 Å². The van der Waals surface area contributed by atoms with Gasteiger partial charge in [-0.1, -0.05) is 42.5 Å². The van der Waals surface area contributed by atoms with Gasteiger partial charge in [-0.25, -0.2) is 4.99 Å². The molecule has 1 aromatic heterocycles. The van der Waals surface area contributed by atoms with Gasteiger partial charge in [0.1, 0.15) is 0 Å². The van der Waals surface area contributed by atoms with Gasteiger partial charge < -0.3 is 20.4 Å². The van der Waals surface area contributed by atoms with Crippen molar-refractivity contribution in [3.05, 3.63) is 89.9 Å². The topological polar surface area (TPSA) is 78.7 Å². The van der Waals surface area contributed by atoms with Crippen LogP contribution in [0, 0.1) is 0 Å². The van der Waals surface area contributed by atoms with E-state index in [0.717, 1.165) is 18.1 Å². The first kappa shape index (κ1) is 20.2. The van der Waals surface area contributed by atoms with Gasteiger partial charge >= 0.3 is 0 Å². The van der Waals surface area contributed by atoms with Crippen LogP contribution in [0.3, 0.4) is 0 Å². The van der Waals surface area contributed by atoms with Gasteiger partial charge in [-0.15, -0.1) is 0 Å². The molecule has 0 aliphatic rings. The zero-order valence-corrected chi connectivity index (χ0v) is 16.7. The Morgan fingerprint density at radius 1 is 1.07 bits per heavy atom. The molecule has 1 unspecified atom stereocenters. The Morgan fingerprint density at radius 3 is 2.62 bits per heavy atom. The molecule has 1 amide bonds. The van der Waals surface area contributed by atoms with Crippen molar-refractivity contribution in [1.29, 1.82) is 0 Å². The normalized spacial score (nSPS) is 12.3. The Morgan fingerprint density at radius 2 is 1.90 bits per heavy atom. The number of benzene rings is 2. The number of rotatable bonds is 7. The third-order valence-corrected chi connectivity index (χ3v) is 4.35. The quantitative estimate of drug-likeness (QED) is 0.414. The van der Waals surface area contributed by atoms with E-state index in [1.807, 2.05) is 49.4 Å². The molecule has 2 aromatic carbocycles. The highest BCUT2D eigenvalue weighted by atomic mass is 16.3. The predicted molar refractivity (Wildman–Crippen MR) is 116 cm³/mol. The number of carbonyl (C=O) groups is 1. The highest BCUT2D eigenvalue weighted by Gasteiger charge is 2.09. The largest absolute Gasteiger partial charge is 0.459 e. The average molecular weight is 390 g/mol. The van der Waals surface area contributed by atoms with E-state index < -0.39 is 0 Å². The van der Waals surface area contributed by atoms with E-state index in [0.29, 0.717) is 12.2 Å². The van der Waals surface area contributed by atoms with Crippen molar-refractivity contribution < 1.29 is 9.21 Å². The highest BCUT2D eigenvalue weighted by Crippen LogP contribution is 2.14. The summed E-state index contributed by atoms with van der Waals surface area (Å²) in [6.07, 6.45) is 1.48. The molecule has 3 aromatic rings. The van der Waals surface area contributed by atoms with Gasteiger partial charge in [0.2, 0.25) is 0 Å². The predicted octanol–water partition coefficient (Wildman–Crippen LogP) is 4.35. The van der Waals surface area contributed by atoms with Gasteiger partial charge in [0.25, 0.3) is 5.91 Å². The van der Waals surface area contributed by atoms with Crippen LogP contribution in [0.25, 0.3) is 0 Å². The molecule has 0 fully saturated rings. The average Bonchev–Trinajstić information content (AvgIpc) is 3.28. The van der Waals surface area contributed by atoms with Gasteiger partial charge in [0.15, 0.2) is 11.7 Å². The van der Waals surface area contributed by atoms with Crippen LogP contribution in [0.1, 0.15) is 41.6 Å². The smallest absolute Gasteiger partial charge is 0.291 e. The summed E-state index contributed by atoms with van der Waals surface area (Å²) in [6, 6.07) is 21.3. The summed E-state index contributed by atoms with van der Waals surface area (Å²) in [5.41, 5.74) is 2.89. The Hall–Kier alpha value is -3.54. The molecule has 0 saturated carbocycles. The van der Waals surface area contributed by atoms with Crippen molar-refractivity contribution in [2.24, 2.45) is 4.99 Å². The van der Waals surface area contributed by atoms with Gasteiger partial charge in [0, 0.05) is 12.2 Å². The number of guanidine groups is 1. The summed E-state index contributed by atoms with van der Waals surface area (Å²) in [7, 11) is 0. The van der Waals surface area contributed by atoms with Gasteiger partial charge in [-0.05, 0) is 49.2 Å². The minimum Gasteiger partial charge on any atom is -0.459 e. The number of furan rings is 1. The number of hydrogen-bond acceptors (Lipinski definition) is 3. The van der Waals surface area contributed by atoms with Crippen LogP contribution < -0.4 is 16.0 Å². The second kappa shape index (κ2) is 10.1. The van der Waals surface area contributed by atoms with E-state index in [1.165, 1.54) is 11.8 Å². The lowest BCUT2D eigenvalue weighted by Crippen LogP contribution is -2.38. The summed E-state index contributed by atoms with van der Waals surface area (Å²) in [6.45, 7) is 5.40. The summed E-state index contributed by atoms with van der Waals surface area (Å²) in [5.74, 6) is 0.748. The minimum atomic E-state index is -0.276. The Kier molecular flexibility index (Phi) is 7.05. The van der Waals surface area contributed by atoms with Crippen LogP contribution in [0.4, 0.5) is 5.69 Å². The van der Waals surface area contributed by atoms with Gasteiger partial charge in [-0.2, -0.15) is 0 Å². The van der Waals surface area contributed by atoms with Crippen LogP contribution in [0.15, 0.2) is 82.4 Å². The number of anilines is 1. The molecule has 3 N–H and O–H groups in total. The van der Waals surface area contributed by atoms with Gasteiger partial charge in [-0.3, -0.25) is 4.79 Å². The lowest BCUT2D eigenvalue weighted by molar-refractivity contribution is 0.0996. The molecule has 0 spiro atoms. The van der Waals surface area contributed by atoms with Crippen LogP contribution in [-0.4, -0.2) is 18.4 Å². The second-order valence-electron chi connectivity index (χ2n) is 6.60. The number of carbonyl (C=O) groups excluding carboxylic acids is 1. The molecule has 0 aliphatic carbocycles. The van der Waals surface area contributed by atoms with Gasteiger partial charge in [0.05, 0.1) is 18.8 Å². The van der Waals surface area contributed by atoms with Crippen molar-refractivity contribution >= 4 is 17.6 Å². The fourth-order valence-electron chi connectivity index (χ4n) is 2.87. The zero-order chi connectivity index (χ0) is 20.5. The number of amides is 1. The second-order valence-corrected chi connectivity index (χ2v) is 6.60. The molecular weight excluding hydrogens is 364 g/mol. The monoisotopic (exact) mass is 390 g/mol. The Bertz CT molecular complexity index is 937. The molecule has 1 heterocycles. The first-order valence-electron chi connectivity index (χ1n) is 9.69. The lowest BCUT2D eigenvalue weighted by Gasteiger charge is -2.18. The van der Waals surface area contributed by atoms with Crippen molar-refractivity contribution in [1.82, 2.24) is 10.6 Å². The maximum absolute atomic E-state index is 12.1. The minimum absolute atomic E-state index is 0.132. The maximum atomic E-state index is 12.1. The maximum Gasteiger partial charge on any atom is 0.291 e. The summed E-state index contributed by atoms with van der Waals surface area (Å²) < 4.78 is 5.13. The first-order chi connectivity index (χ1) is 14.2. The third kappa shape index (κ3) is 5.97. The number of aliphatic imine (C=N–C) groups is 1. The summed E-state index contributed by atoms with van der Waals surface area (Å²) >= 11 is 0. The SMILES string of the molecule is CCNC(=NCc1cccc(NC(=O)c2ccco2)c1)NC(C)c1ccccc1. The van der Waals surface area contributed by atoms with E-state index in [4.69, 9.17) is 4.42 Å². The van der Waals surface area contributed by atoms with E-state index in [2.05, 4.69) is 40.0 Å². The Labute approximate surface area is 171 Å². The van der Waals surface area contributed by atoms with E-state index >= 15 is 0 Å². The molecule has 6 heteroatoms. The number of nitrogens with zero attached hydrogens (tertiary/aromatic N) is 1. The van der Waals surface area contributed by atoms with E-state index in [1.54, 1.807) is 12.1 Å².